The molecule has 0 radical (unpaired) electrons. The Labute approximate surface area is 148 Å². The van der Waals surface area contributed by atoms with Crippen molar-refractivity contribution in [1.29, 1.82) is 0 Å². The van der Waals surface area contributed by atoms with Gasteiger partial charge in [0.15, 0.2) is 0 Å². The number of ether oxygens (including phenoxy) is 1. The Balaban J connectivity index is 1.64. The minimum absolute atomic E-state index is 0.0242. The maximum atomic E-state index is 12.3. The monoisotopic (exact) mass is 333 g/mol. The van der Waals surface area contributed by atoms with Gasteiger partial charge in [-0.3, -0.25) is 4.79 Å². The van der Waals surface area contributed by atoms with E-state index in [-0.39, 0.29) is 11.9 Å². The summed E-state index contributed by atoms with van der Waals surface area (Å²) in [6, 6.07) is 22.3. The van der Waals surface area contributed by atoms with Crippen LogP contribution in [0.25, 0.3) is 10.8 Å². The van der Waals surface area contributed by atoms with Crippen LogP contribution in [0.3, 0.4) is 0 Å². The molecule has 0 spiro atoms. The van der Waals surface area contributed by atoms with Crippen LogP contribution in [-0.4, -0.2) is 13.0 Å². The number of hydrogen-bond donors (Lipinski definition) is 1. The largest absolute Gasteiger partial charge is 0.497 e. The Morgan fingerprint density at radius 1 is 1.04 bits per heavy atom. The minimum atomic E-state index is -0.0242. The average molecular weight is 333 g/mol. The van der Waals surface area contributed by atoms with Crippen molar-refractivity contribution in [3.63, 3.8) is 0 Å². The number of nitrogens with one attached hydrogen (secondary N) is 1. The van der Waals surface area contributed by atoms with E-state index in [1.165, 1.54) is 10.8 Å². The third kappa shape index (κ3) is 4.18. The maximum absolute atomic E-state index is 12.3. The summed E-state index contributed by atoms with van der Waals surface area (Å²) in [5, 5.41) is 5.49. The zero-order valence-corrected chi connectivity index (χ0v) is 14.7. The highest BCUT2D eigenvalue weighted by molar-refractivity contribution is 5.86. The van der Waals surface area contributed by atoms with Crippen molar-refractivity contribution in [3.8, 4) is 5.75 Å². The summed E-state index contributed by atoms with van der Waals surface area (Å²) >= 11 is 0. The van der Waals surface area contributed by atoms with E-state index in [0.29, 0.717) is 12.8 Å². The molecule has 0 aliphatic carbocycles. The fourth-order valence-corrected chi connectivity index (χ4v) is 3.11. The molecule has 1 amide bonds. The second-order valence-electron chi connectivity index (χ2n) is 6.21. The summed E-state index contributed by atoms with van der Waals surface area (Å²) in [5.41, 5.74) is 2.25. The number of benzene rings is 3. The molecular weight excluding hydrogens is 310 g/mol. The van der Waals surface area contributed by atoms with E-state index in [9.17, 15) is 4.79 Å². The molecule has 128 valence electrons. The molecular formula is C22H23NO2. The molecule has 0 fully saturated rings. The van der Waals surface area contributed by atoms with Crippen LogP contribution in [0.1, 0.15) is 30.5 Å². The van der Waals surface area contributed by atoms with Gasteiger partial charge in [0.1, 0.15) is 5.75 Å². The molecule has 3 nitrogen and oxygen atoms in total. The highest BCUT2D eigenvalue weighted by atomic mass is 16.5. The normalized spacial score (nSPS) is 11.9. The number of rotatable bonds is 6. The number of aryl methyl sites for hydroxylation is 1. The van der Waals surface area contributed by atoms with Crippen LogP contribution in [0.2, 0.25) is 0 Å². The van der Waals surface area contributed by atoms with Gasteiger partial charge in [0.05, 0.1) is 13.2 Å². The molecule has 3 aromatic rings. The highest BCUT2D eigenvalue weighted by Gasteiger charge is 2.12. The zero-order chi connectivity index (χ0) is 17.6. The predicted molar refractivity (Wildman–Crippen MR) is 102 cm³/mol. The molecule has 0 aromatic heterocycles. The van der Waals surface area contributed by atoms with E-state index in [2.05, 4.69) is 29.6 Å². The second-order valence-corrected chi connectivity index (χ2v) is 6.21. The zero-order valence-electron chi connectivity index (χ0n) is 14.7. The summed E-state index contributed by atoms with van der Waals surface area (Å²) in [6.07, 6.45) is 1.16. The van der Waals surface area contributed by atoms with Crippen molar-refractivity contribution in [1.82, 2.24) is 5.32 Å². The summed E-state index contributed by atoms with van der Waals surface area (Å²) in [7, 11) is 1.65. The predicted octanol–water partition coefficient (Wildman–Crippen LogP) is 4.66. The van der Waals surface area contributed by atoms with Gasteiger partial charge < -0.3 is 10.1 Å². The summed E-state index contributed by atoms with van der Waals surface area (Å²) in [5.74, 6) is 0.880. The molecule has 0 bridgehead atoms. The van der Waals surface area contributed by atoms with Gasteiger partial charge in [-0.15, -0.1) is 0 Å². The number of hydrogen-bond acceptors (Lipinski definition) is 2. The fourth-order valence-electron chi connectivity index (χ4n) is 3.11. The van der Waals surface area contributed by atoms with Crippen molar-refractivity contribution in [2.24, 2.45) is 0 Å². The van der Waals surface area contributed by atoms with Crippen molar-refractivity contribution in [2.45, 2.75) is 25.8 Å². The Morgan fingerprint density at radius 2 is 1.80 bits per heavy atom. The highest BCUT2D eigenvalue weighted by Crippen LogP contribution is 2.24. The lowest BCUT2D eigenvalue weighted by atomic mass is 9.99. The summed E-state index contributed by atoms with van der Waals surface area (Å²) < 4.78 is 5.22. The first kappa shape index (κ1) is 17.0. The van der Waals surface area contributed by atoms with Gasteiger partial charge >= 0.3 is 0 Å². The van der Waals surface area contributed by atoms with Gasteiger partial charge in [-0.05, 0) is 47.4 Å². The second kappa shape index (κ2) is 7.84. The molecule has 3 heteroatoms. The lowest BCUT2D eigenvalue weighted by Crippen LogP contribution is -2.26. The first-order chi connectivity index (χ1) is 12.2. The molecule has 0 heterocycles. The van der Waals surface area contributed by atoms with Crippen molar-refractivity contribution in [2.75, 3.05) is 7.11 Å². The fraction of sp³-hybridized carbons (Fsp3) is 0.227. The van der Waals surface area contributed by atoms with Crippen molar-refractivity contribution >= 4 is 16.7 Å². The van der Waals surface area contributed by atoms with Crippen LogP contribution in [0, 0.1) is 0 Å². The lowest BCUT2D eigenvalue weighted by molar-refractivity contribution is -0.121. The number of carbonyl (C=O) groups is 1. The Hall–Kier alpha value is -2.81. The van der Waals surface area contributed by atoms with E-state index in [4.69, 9.17) is 4.74 Å². The quantitative estimate of drug-likeness (QED) is 0.712. The summed E-state index contributed by atoms with van der Waals surface area (Å²) in [4.78, 5) is 12.3. The SMILES string of the molecule is COc1cccc(CCC(=O)N[C@H](C)c2cccc3ccccc23)c1. The smallest absolute Gasteiger partial charge is 0.220 e. The third-order valence-corrected chi connectivity index (χ3v) is 4.44. The van der Waals surface area contributed by atoms with Crippen LogP contribution in [0.5, 0.6) is 5.75 Å². The molecule has 0 aliphatic heterocycles. The molecule has 25 heavy (non-hydrogen) atoms. The third-order valence-electron chi connectivity index (χ3n) is 4.44. The topological polar surface area (TPSA) is 38.3 Å². The van der Waals surface area contributed by atoms with Gasteiger partial charge in [-0.25, -0.2) is 0 Å². The van der Waals surface area contributed by atoms with Gasteiger partial charge in [0.2, 0.25) is 5.91 Å². The van der Waals surface area contributed by atoms with Crippen molar-refractivity contribution in [3.05, 3.63) is 77.9 Å². The van der Waals surface area contributed by atoms with Crippen LogP contribution in [-0.2, 0) is 11.2 Å². The molecule has 1 atom stereocenters. The minimum Gasteiger partial charge on any atom is -0.497 e. The molecule has 0 aliphatic rings. The molecule has 0 saturated heterocycles. The Bertz CT molecular complexity index is 867. The molecule has 0 saturated carbocycles. The Kier molecular flexibility index (Phi) is 5.34. The van der Waals surface area contributed by atoms with Crippen LogP contribution in [0.15, 0.2) is 66.7 Å². The first-order valence-electron chi connectivity index (χ1n) is 8.57. The molecule has 0 unspecified atom stereocenters. The number of amides is 1. The van der Waals surface area contributed by atoms with E-state index >= 15 is 0 Å². The Morgan fingerprint density at radius 3 is 2.64 bits per heavy atom. The number of carbonyl (C=O) groups excluding carboxylic acids is 1. The average Bonchev–Trinajstić information content (AvgIpc) is 2.66. The molecule has 3 aromatic carbocycles. The van der Waals surface area contributed by atoms with Gasteiger partial charge in [-0.1, -0.05) is 54.6 Å². The van der Waals surface area contributed by atoms with Crippen molar-refractivity contribution < 1.29 is 9.53 Å². The first-order valence-corrected chi connectivity index (χ1v) is 8.57. The lowest BCUT2D eigenvalue weighted by Gasteiger charge is -2.17. The molecule has 3 rings (SSSR count). The maximum Gasteiger partial charge on any atom is 0.220 e. The van der Waals surface area contributed by atoms with E-state index < -0.39 is 0 Å². The van der Waals surface area contributed by atoms with E-state index in [1.807, 2.05) is 49.4 Å². The van der Waals surface area contributed by atoms with Crippen LogP contribution in [0.4, 0.5) is 0 Å². The van der Waals surface area contributed by atoms with Crippen LogP contribution < -0.4 is 10.1 Å². The van der Waals surface area contributed by atoms with Gasteiger partial charge in [-0.2, -0.15) is 0 Å². The van der Waals surface area contributed by atoms with E-state index in [0.717, 1.165) is 16.9 Å². The molecule has 1 N–H and O–H groups in total. The van der Waals surface area contributed by atoms with Gasteiger partial charge in [0.25, 0.3) is 0 Å². The van der Waals surface area contributed by atoms with Gasteiger partial charge in [0, 0.05) is 6.42 Å². The number of methoxy groups -OCH3 is 1. The summed E-state index contributed by atoms with van der Waals surface area (Å²) in [6.45, 7) is 2.03. The number of fused-ring (bicyclic) bond motifs is 1. The van der Waals surface area contributed by atoms with E-state index in [1.54, 1.807) is 7.11 Å². The standard InChI is InChI=1S/C22H23NO2/c1-16(20-12-6-9-18-8-3-4-11-21(18)20)23-22(24)14-13-17-7-5-10-19(15-17)25-2/h3-12,15-16H,13-14H2,1-2H3,(H,23,24)/t16-/m1/s1. The van der Waals surface area contributed by atoms with Crippen LogP contribution >= 0.6 is 0 Å².